The summed E-state index contributed by atoms with van der Waals surface area (Å²) in [7, 11) is 0. The molecule has 1 N–H and O–H groups in total. The van der Waals surface area contributed by atoms with Crippen molar-refractivity contribution in [1.82, 2.24) is 24.9 Å². The van der Waals surface area contributed by atoms with Crippen LogP contribution in [0.5, 0.6) is 0 Å². The molecule has 0 unspecified atom stereocenters. The van der Waals surface area contributed by atoms with Crippen LogP contribution in [0.25, 0.3) is 5.78 Å². The van der Waals surface area contributed by atoms with Crippen molar-refractivity contribution in [2.24, 2.45) is 0 Å². The van der Waals surface area contributed by atoms with Crippen LogP contribution < -0.4 is 5.32 Å². The molecule has 2 heterocycles. The molecule has 3 rings (SSSR count). The minimum absolute atomic E-state index is 0.142. The van der Waals surface area contributed by atoms with E-state index in [4.69, 9.17) is 0 Å². The van der Waals surface area contributed by atoms with Crippen LogP contribution in [0.15, 0.2) is 29.0 Å². The lowest BCUT2D eigenvalue weighted by atomic mass is 10.1. The molecule has 0 aliphatic carbocycles. The SMILES string of the molecule is Cc1nc2ncnn2c(C)c1CCC(=O)NCc1cc(Br)ccc1F. The Morgan fingerprint density at radius 3 is 2.96 bits per heavy atom. The molecule has 0 saturated heterocycles. The summed E-state index contributed by atoms with van der Waals surface area (Å²) in [5.74, 6) is 0.0706. The molecule has 0 atom stereocenters. The van der Waals surface area contributed by atoms with E-state index >= 15 is 0 Å². The first-order valence-electron chi connectivity index (χ1n) is 7.82. The maximum absolute atomic E-state index is 13.7. The van der Waals surface area contributed by atoms with Gasteiger partial charge in [-0.25, -0.2) is 13.9 Å². The van der Waals surface area contributed by atoms with Gasteiger partial charge in [-0.2, -0.15) is 10.1 Å². The van der Waals surface area contributed by atoms with Crippen LogP contribution >= 0.6 is 15.9 Å². The first-order valence-corrected chi connectivity index (χ1v) is 8.61. The van der Waals surface area contributed by atoms with Gasteiger partial charge in [-0.05, 0) is 44.0 Å². The zero-order valence-electron chi connectivity index (χ0n) is 13.9. The molecule has 2 aromatic heterocycles. The summed E-state index contributed by atoms with van der Waals surface area (Å²) in [6, 6.07) is 4.66. The predicted molar refractivity (Wildman–Crippen MR) is 94.5 cm³/mol. The third-order valence-electron chi connectivity index (χ3n) is 4.07. The highest BCUT2D eigenvalue weighted by Crippen LogP contribution is 2.16. The van der Waals surface area contributed by atoms with Gasteiger partial charge in [0.2, 0.25) is 5.91 Å². The van der Waals surface area contributed by atoms with Crippen molar-refractivity contribution in [1.29, 1.82) is 0 Å². The second-order valence-electron chi connectivity index (χ2n) is 5.75. The Bertz CT molecular complexity index is 940. The molecule has 0 radical (unpaired) electrons. The molecule has 0 bridgehead atoms. The fourth-order valence-corrected chi connectivity index (χ4v) is 3.13. The van der Waals surface area contributed by atoms with Crippen LogP contribution in [-0.2, 0) is 17.8 Å². The number of aryl methyl sites for hydroxylation is 2. The molecule has 8 heteroatoms. The maximum Gasteiger partial charge on any atom is 0.252 e. The van der Waals surface area contributed by atoms with Crippen LogP contribution in [0.1, 0.15) is 28.9 Å². The van der Waals surface area contributed by atoms with E-state index < -0.39 is 0 Å². The summed E-state index contributed by atoms with van der Waals surface area (Å²) in [6.07, 6.45) is 2.28. The molecule has 130 valence electrons. The Kier molecular flexibility index (Phi) is 5.08. The quantitative estimate of drug-likeness (QED) is 0.708. The van der Waals surface area contributed by atoms with Gasteiger partial charge in [-0.1, -0.05) is 15.9 Å². The summed E-state index contributed by atoms with van der Waals surface area (Å²) >= 11 is 3.30. The lowest BCUT2D eigenvalue weighted by Gasteiger charge is -2.11. The molecular weight excluding hydrogens is 389 g/mol. The van der Waals surface area contributed by atoms with Gasteiger partial charge in [0.25, 0.3) is 5.78 Å². The molecule has 0 aliphatic rings. The van der Waals surface area contributed by atoms with Gasteiger partial charge in [-0.15, -0.1) is 0 Å². The third-order valence-corrected chi connectivity index (χ3v) is 4.57. The summed E-state index contributed by atoms with van der Waals surface area (Å²) in [5.41, 5.74) is 3.18. The number of hydrogen-bond acceptors (Lipinski definition) is 4. The average Bonchev–Trinajstić information content (AvgIpc) is 3.04. The Balaban J connectivity index is 1.64. The highest BCUT2D eigenvalue weighted by Gasteiger charge is 2.13. The van der Waals surface area contributed by atoms with E-state index in [0.29, 0.717) is 24.2 Å². The van der Waals surface area contributed by atoms with Crippen molar-refractivity contribution >= 4 is 27.6 Å². The maximum atomic E-state index is 13.7. The summed E-state index contributed by atoms with van der Waals surface area (Å²) in [5, 5.41) is 6.89. The molecule has 1 aromatic carbocycles. The Morgan fingerprint density at radius 1 is 1.36 bits per heavy atom. The van der Waals surface area contributed by atoms with Crippen molar-refractivity contribution in [2.75, 3.05) is 0 Å². The number of carbonyl (C=O) groups is 1. The molecule has 0 spiro atoms. The summed E-state index contributed by atoms with van der Waals surface area (Å²) < 4.78 is 16.1. The number of amides is 1. The van der Waals surface area contributed by atoms with Crippen molar-refractivity contribution in [3.8, 4) is 0 Å². The fraction of sp³-hybridized carbons (Fsp3) is 0.294. The van der Waals surface area contributed by atoms with Gasteiger partial charge < -0.3 is 5.32 Å². The smallest absolute Gasteiger partial charge is 0.252 e. The number of rotatable bonds is 5. The minimum Gasteiger partial charge on any atom is -0.352 e. The number of nitrogens with zero attached hydrogens (tertiary/aromatic N) is 4. The number of aromatic nitrogens is 4. The minimum atomic E-state index is -0.337. The number of fused-ring (bicyclic) bond motifs is 1. The Labute approximate surface area is 152 Å². The van der Waals surface area contributed by atoms with Crippen molar-refractivity contribution in [3.05, 3.63) is 57.3 Å². The van der Waals surface area contributed by atoms with Crippen LogP contribution in [-0.4, -0.2) is 25.5 Å². The van der Waals surface area contributed by atoms with Crippen molar-refractivity contribution in [2.45, 2.75) is 33.2 Å². The van der Waals surface area contributed by atoms with Gasteiger partial charge in [0, 0.05) is 34.4 Å². The molecule has 1 amide bonds. The van der Waals surface area contributed by atoms with E-state index in [-0.39, 0.29) is 18.3 Å². The molecule has 3 aromatic rings. The second-order valence-corrected chi connectivity index (χ2v) is 6.66. The van der Waals surface area contributed by atoms with Crippen LogP contribution in [0, 0.1) is 19.7 Å². The zero-order valence-corrected chi connectivity index (χ0v) is 15.5. The highest BCUT2D eigenvalue weighted by atomic mass is 79.9. The lowest BCUT2D eigenvalue weighted by molar-refractivity contribution is -0.121. The molecule has 6 nitrogen and oxygen atoms in total. The molecule has 25 heavy (non-hydrogen) atoms. The molecule has 0 aliphatic heterocycles. The third kappa shape index (κ3) is 3.84. The van der Waals surface area contributed by atoms with Crippen molar-refractivity contribution in [3.63, 3.8) is 0 Å². The standard InChI is InChI=1S/C17H17BrFN5O/c1-10-14(11(2)24-17(23-10)21-9-22-24)4-6-16(25)20-8-12-7-13(18)3-5-15(12)19/h3,5,7,9H,4,6,8H2,1-2H3,(H,20,25). The zero-order chi connectivity index (χ0) is 18.0. The molecular formula is C17H17BrFN5O. The van der Waals surface area contributed by atoms with E-state index in [9.17, 15) is 9.18 Å². The van der Waals surface area contributed by atoms with E-state index in [1.54, 1.807) is 16.6 Å². The van der Waals surface area contributed by atoms with Crippen LogP contribution in [0.3, 0.4) is 0 Å². The number of carbonyl (C=O) groups excluding carboxylic acids is 1. The largest absolute Gasteiger partial charge is 0.352 e. The van der Waals surface area contributed by atoms with Crippen molar-refractivity contribution < 1.29 is 9.18 Å². The van der Waals surface area contributed by atoms with E-state index in [1.165, 1.54) is 12.4 Å². The van der Waals surface area contributed by atoms with E-state index in [1.807, 2.05) is 13.8 Å². The van der Waals surface area contributed by atoms with Gasteiger partial charge in [0.05, 0.1) is 0 Å². The first-order chi connectivity index (χ1) is 12.0. The van der Waals surface area contributed by atoms with E-state index in [2.05, 4.69) is 36.3 Å². The fourth-order valence-electron chi connectivity index (χ4n) is 2.72. The second kappa shape index (κ2) is 7.26. The Morgan fingerprint density at radius 2 is 2.16 bits per heavy atom. The van der Waals surface area contributed by atoms with Crippen LogP contribution in [0.4, 0.5) is 4.39 Å². The van der Waals surface area contributed by atoms with Gasteiger partial charge in [0.1, 0.15) is 12.1 Å². The monoisotopic (exact) mass is 405 g/mol. The van der Waals surface area contributed by atoms with Gasteiger partial charge >= 0.3 is 0 Å². The lowest BCUT2D eigenvalue weighted by Crippen LogP contribution is -2.24. The number of nitrogens with one attached hydrogen (secondary N) is 1. The Hall–Kier alpha value is -2.35. The van der Waals surface area contributed by atoms with Gasteiger partial charge in [-0.3, -0.25) is 4.79 Å². The number of halogens is 2. The van der Waals surface area contributed by atoms with Crippen LogP contribution in [0.2, 0.25) is 0 Å². The molecule has 0 saturated carbocycles. The van der Waals surface area contributed by atoms with Gasteiger partial charge in [0.15, 0.2) is 0 Å². The first kappa shape index (κ1) is 17.5. The van der Waals surface area contributed by atoms with E-state index in [0.717, 1.165) is 21.4 Å². The topological polar surface area (TPSA) is 72.2 Å². The number of hydrogen-bond donors (Lipinski definition) is 1. The predicted octanol–water partition coefficient (Wildman–Crippen LogP) is 2.89. The summed E-state index contributed by atoms with van der Waals surface area (Å²) in [4.78, 5) is 20.6. The number of benzene rings is 1. The highest BCUT2D eigenvalue weighted by molar-refractivity contribution is 9.10. The summed E-state index contributed by atoms with van der Waals surface area (Å²) in [6.45, 7) is 3.98. The normalized spacial score (nSPS) is 11.0. The molecule has 0 fully saturated rings. The average molecular weight is 406 g/mol.